The summed E-state index contributed by atoms with van der Waals surface area (Å²) in [4.78, 5) is 40.6. The van der Waals surface area contributed by atoms with Crippen LogP contribution in [0.5, 0.6) is 0 Å². The van der Waals surface area contributed by atoms with E-state index in [1.807, 2.05) is 50.2 Å². The zero-order valence-electron chi connectivity index (χ0n) is 19.6. The summed E-state index contributed by atoms with van der Waals surface area (Å²) in [6, 6.07) is 11.6. The molecule has 1 fully saturated rings. The number of hydrogen-bond acceptors (Lipinski definition) is 6. The highest BCUT2D eigenvalue weighted by Gasteiger charge is 2.24. The Morgan fingerprint density at radius 1 is 1.21 bits per heavy atom. The first-order chi connectivity index (χ1) is 15.9. The van der Waals surface area contributed by atoms with Gasteiger partial charge in [0.1, 0.15) is 4.88 Å². The van der Waals surface area contributed by atoms with Crippen LogP contribution in [-0.2, 0) is 14.3 Å². The number of piperidine rings is 1. The van der Waals surface area contributed by atoms with Crippen molar-refractivity contribution in [1.29, 1.82) is 0 Å². The molecule has 8 heteroatoms. The number of esters is 1. The summed E-state index contributed by atoms with van der Waals surface area (Å²) < 4.78 is 5.20. The lowest BCUT2D eigenvalue weighted by Gasteiger charge is -2.32. The number of anilines is 1. The molecule has 1 aliphatic rings. The standard InChI is InChI=1S/C25H33N3O4S/c1-4-32-25(31)23-20(13-21(33-23)19-10-6-5-7-11-19)27-22(29)16-28-12-8-9-18(15-28)14-26-24(30)17(2)3/h5-7,10-11,13,17-18H,4,8-9,12,14-16H2,1-3H3,(H,26,30)(H,27,29). The van der Waals surface area contributed by atoms with E-state index in [0.29, 0.717) is 23.0 Å². The van der Waals surface area contributed by atoms with Gasteiger partial charge in [0.2, 0.25) is 11.8 Å². The molecule has 1 unspecified atom stereocenters. The molecule has 1 saturated heterocycles. The molecule has 33 heavy (non-hydrogen) atoms. The maximum atomic E-state index is 12.9. The van der Waals surface area contributed by atoms with Crippen LogP contribution in [0.4, 0.5) is 5.69 Å². The molecule has 2 N–H and O–H groups in total. The predicted molar refractivity (Wildman–Crippen MR) is 131 cm³/mol. The van der Waals surface area contributed by atoms with Gasteiger partial charge in [-0.05, 0) is 43.9 Å². The van der Waals surface area contributed by atoms with E-state index in [2.05, 4.69) is 15.5 Å². The molecule has 2 heterocycles. The predicted octanol–water partition coefficient (Wildman–Crippen LogP) is 4.01. The largest absolute Gasteiger partial charge is 0.462 e. The molecule has 0 radical (unpaired) electrons. The Bertz CT molecular complexity index is 958. The second kappa shape index (κ2) is 12.0. The number of nitrogens with one attached hydrogen (secondary N) is 2. The van der Waals surface area contributed by atoms with E-state index < -0.39 is 5.97 Å². The van der Waals surface area contributed by atoms with Gasteiger partial charge in [-0.3, -0.25) is 14.5 Å². The number of carbonyl (C=O) groups is 3. The van der Waals surface area contributed by atoms with E-state index in [0.717, 1.165) is 36.4 Å². The third-order valence-corrected chi connectivity index (χ3v) is 6.75. The van der Waals surface area contributed by atoms with Gasteiger partial charge in [-0.15, -0.1) is 11.3 Å². The van der Waals surface area contributed by atoms with Gasteiger partial charge in [0, 0.05) is 23.9 Å². The molecule has 1 aromatic carbocycles. The second-order valence-electron chi connectivity index (χ2n) is 8.63. The molecule has 2 amide bonds. The maximum Gasteiger partial charge on any atom is 0.350 e. The third kappa shape index (κ3) is 7.14. The second-order valence-corrected chi connectivity index (χ2v) is 9.68. The molecule has 1 aromatic heterocycles. The fourth-order valence-corrected chi connectivity index (χ4v) is 4.89. The number of amides is 2. The van der Waals surface area contributed by atoms with Crippen molar-refractivity contribution in [3.05, 3.63) is 41.3 Å². The van der Waals surface area contributed by atoms with Gasteiger partial charge >= 0.3 is 5.97 Å². The molecule has 0 bridgehead atoms. The Morgan fingerprint density at radius 2 is 1.97 bits per heavy atom. The van der Waals surface area contributed by atoms with Crippen LogP contribution in [0.1, 0.15) is 43.3 Å². The number of hydrogen-bond donors (Lipinski definition) is 2. The Balaban J connectivity index is 1.63. The van der Waals surface area contributed by atoms with Crippen LogP contribution in [0.2, 0.25) is 0 Å². The lowest BCUT2D eigenvalue weighted by Crippen LogP contribution is -2.44. The minimum absolute atomic E-state index is 0.0320. The molecule has 1 aliphatic heterocycles. The van der Waals surface area contributed by atoms with Crippen LogP contribution in [-0.4, -0.2) is 55.5 Å². The first-order valence-electron chi connectivity index (χ1n) is 11.5. The van der Waals surface area contributed by atoms with E-state index in [1.165, 1.54) is 11.3 Å². The van der Waals surface area contributed by atoms with Crippen molar-refractivity contribution in [2.75, 3.05) is 38.1 Å². The average molecular weight is 472 g/mol. The smallest absolute Gasteiger partial charge is 0.350 e. The van der Waals surface area contributed by atoms with Crippen molar-refractivity contribution < 1.29 is 19.1 Å². The highest BCUT2D eigenvalue weighted by Crippen LogP contribution is 2.35. The van der Waals surface area contributed by atoms with Crippen molar-refractivity contribution in [3.63, 3.8) is 0 Å². The number of likely N-dealkylation sites (tertiary alicyclic amines) is 1. The van der Waals surface area contributed by atoms with E-state index >= 15 is 0 Å². The first-order valence-corrected chi connectivity index (χ1v) is 12.3. The SMILES string of the molecule is CCOC(=O)c1sc(-c2ccccc2)cc1NC(=O)CN1CCCC(CNC(=O)C(C)C)C1. The normalized spacial score (nSPS) is 16.4. The van der Waals surface area contributed by atoms with Crippen molar-refractivity contribution in [3.8, 4) is 10.4 Å². The molecular weight excluding hydrogens is 438 g/mol. The monoisotopic (exact) mass is 471 g/mol. The Kier molecular flexibility index (Phi) is 9.03. The van der Waals surface area contributed by atoms with Gasteiger partial charge in [0.25, 0.3) is 0 Å². The zero-order valence-corrected chi connectivity index (χ0v) is 20.4. The summed E-state index contributed by atoms with van der Waals surface area (Å²) in [6.45, 7) is 8.27. The molecule has 0 spiro atoms. The number of ether oxygens (including phenoxy) is 1. The fraction of sp³-hybridized carbons (Fsp3) is 0.480. The molecule has 3 rings (SSSR count). The van der Waals surface area contributed by atoms with Gasteiger partial charge in [-0.25, -0.2) is 4.79 Å². The highest BCUT2D eigenvalue weighted by atomic mass is 32.1. The maximum absolute atomic E-state index is 12.9. The summed E-state index contributed by atoms with van der Waals surface area (Å²) in [6.07, 6.45) is 2.02. The molecular formula is C25H33N3O4S. The van der Waals surface area contributed by atoms with Crippen molar-refractivity contribution in [1.82, 2.24) is 10.2 Å². The highest BCUT2D eigenvalue weighted by molar-refractivity contribution is 7.18. The van der Waals surface area contributed by atoms with Crippen molar-refractivity contribution >= 4 is 34.8 Å². The first kappa shape index (κ1) is 24.9. The summed E-state index contributed by atoms with van der Waals surface area (Å²) in [5.41, 5.74) is 1.47. The Morgan fingerprint density at radius 3 is 2.67 bits per heavy atom. The van der Waals surface area contributed by atoms with E-state index in [4.69, 9.17) is 4.74 Å². The van der Waals surface area contributed by atoms with Gasteiger partial charge in [0.15, 0.2) is 0 Å². The van der Waals surface area contributed by atoms with Crippen molar-refractivity contribution in [2.24, 2.45) is 11.8 Å². The summed E-state index contributed by atoms with van der Waals surface area (Å²) in [5, 5.41) is 5.93. The molecule has 2 aromatic rings. The van der Waals surface area contributed by atoms with E-state index in [9.17, 15) is 14.4 Å². The van der Waals surface area contributed by atoms with Crippen LogP contribution in [0.3, 0.4) is 0 Å². The number of nitrogens with zero attached hydrogens (tertiary/aromatic N) is 1. The summed E-state index contributed by atoms with van der Waals surface area (Å²) >= 11 is 1.32. The lowest BCUT2D eigenvalue weighted by molar-refractivity contribution is -0.124. The zero-order chi connectivity index (χ0) is 23.8. The number of thiophene rings is 1. The summed E-state index contributed by atoms with van der Waals surface area (Å²) in [5.74, 6) is -0.239. The lowest BCUT2D eigenvalue weighted by atomic mass is 9.97. The van der Waals surface area contributed by atoms with Gasteiger partial charge in [0.05, 0.1) is 18.8 Å². The molecule has 1 atom stereocenters. The van der Waals surface area contributed by atoms with Gasteiger partial charge in [-0.1, -0.05) is 44.2 Å². The summed E-state index contributed by atoms with van der Waals surface area (Å²) in [7, 11) is 0. The van der Waals surface area contributed by atoms with Crippen LogP contribution in [0.25, 0.3) is 10.4 Å². The minimum Gasteiger partial charge on any atom is -0.462 e. The van der Waals surface area contributed by atoms with Crippen LogP contribution in [0.15, 0.2) is 36.4 Å². The minimum atomic E-state index is -0.432. The number of benzene rings is 1. The quantitative estimate of drug-likeness (QED) is 0.540. The third-order valence-electron chi connectivity index (χ3n) is 5.58. The fourth-order valence-electron chi connectivity index (χ4n) is 3.88. The molecule has 7 nitrogen and oxygen atoms in total. The number of rotatable bonds is 9. The van der Waals surface area contributed by atoms with E-state index in [-0.39, 0.29) is 30.9 Å². The van der Waals surface area contributed by atoms with Gasteiger partial charge in [-0.2, -0.15) is 0 Å². The number of carbonyl (C=O) groups excluding carboxylic acids is 3. The Hall–Kier alpha value is -2.71. The van der Waals surface area contributed by atoms with E-state index in [1.54, 1.807) is 6.92 Å². The molecule has 0 saturated carbocycles. The topological polar surface area (TPSA) is 87.7 Å². The average Bonchev–Trinajstić information content (AvgIpc) is 3.22. The molecule has 0 aliphatic carbocycles. The van der Waals surface area contributed by atoms with Crippen molar-refractivity contribution in [2.45, 2.75) is 33.6 Å². The van der Waals surface area contributed by atoms with Crippen LogP contribution in [0, 0.1) is 11.8 Å². The van der Waals surface area contributed by atoms with Crippen LogP contribution >= 0.6 is 11.3 Å². The van der Waals surface area contributed by atoms with Crippen LogP contribution < -0.4 is 10.6 Å². The molecule has 178 valence electrons. The van der Waals surface area contributed by atoms with Gasteiger partial charge < -0.3 is 15.4 Å². The Labute approximate surface area is 199 Å².